The molecule has 1 aliphatic heterocycles. The number of aromatic hydroxyl groups is 2. The van der Waals surface area contributed by atoms with Crippen LogP contribution in [0.15, 0.2) is 162 Å². The molecule has 5 aromatic heterocycles. The van der Waals surface area contributed by atoms with E-state index in [9.17, 15) is 20.3 Å². The highest BCUT2D eigenvalue weighted by molar-refractivity contribution is 5.82. The van der Waals surface area contributed by atoms with Crippen molar-refractivity contribution >= 4 is 33.8 Å². The van der Waals surface area contributed by atoms with E-state index in [0.29, 0.717) is 41.5 Å². The van der Waals surface area contributed by atoms with Crippen molar-refractivity contribution in [1.29, 1.82) is 0 Å². The minimum Gasteiger partial charge on any atom is -0.508 e. The van der Waals surface area contributed by atoms with Gasteiger partial charge in [-0.1, -0.05) is 24.3 Å². The maximum atomic E-state index is 11.0. The molecule has 3 aromatic carbocycles. The third-order valence-electron chi connectivity index (χ3n) is 9.36. The van der Waals surface area contributed by atoms with Crippen LogP contribution in [0.4, 0.5) is 22.7 Å². The second-order valence-corrected chi connectivity index (χ2v) is 13.1. The van der Waals surface area contributed by atoms with Gasteiger partial charge >= 0.3 is 0 Å². The van der Waals surface area contributed by atoms with Gasteiger partial charge in [0.05, 0.1) is 57.9 Å². The Balaban J connectivity index is 0.000000165. The summed E-state index contributed by atoms with van der Waals surface area (Å²) in [5.74, 6) is 0.515. The Bertz CT molecular complexity index is 2680. The number of nitro groups is 1. The Labute approximate surface area is 326 Å². The van der Waals surface area contributed by atoms with E-state index < -0.39 is 4.92 Å². The molecule has 1 aliphatic rings. The third-order valence-corrected chi connectivity index (χ3v) is 9.36. The number of benzene rings is 3. The molecule has 2 N–H and O–H groups in total. The topological polar surface area (TPSA) is 181 Å². The first kappa shape index (κ1) is 36.1. The summed E-state index contributed by atoms with van der Waals surface area (Å²) in [6, 6.07) is 38.2. The monoisotopic (exact) mass is 754 g/mol. The van der Waals surface area contributed by atoms with Crippen molar-refractivity contribution in [3.8, 4) is 23.0 Å². The first-order valence-corrected chi connectivity index (χ1v) is 18.0. The molecule has 57 heavy (non-hydrogen) atoms. The number of aromatic nitrogens is 6. The normalized spacial score (nSPS) is 13.3. The summed E-state index contributed by atoms with van der Waals surface area (Å²) in [5, 5.41) is 38.8. The number of nitrogens with zero attached hydrogens (tertiary/aromatic N) is 10. The second kappa shape index (κ2) is 16.2. The average Bonchev–Trinajstić information content (AvgIpc) is 3.79. The number of hydrogen-bond acceptors (Lipinski definition) is 12. The van der Waals surface area contributed by atoms with Gasteiger partial charge in [0.15, 0.2) is 5.82 Å². The van der Waals surface area contributed by atoms with Crippen molar-refractivity contribution in [2.75, 3.05) is 4.90 Å². The molecule has 1 unspecified atom stereocenters. The summed E-state index contributed by atoms with van der Waals surface area (Å²) in [5.41, 5.74) is 8.23. The number of imidazole rings is 1. The first-order valence-electron chi connectivity index (χ1n) is 18.0. The lowest BCUT2D eigenvalue weighted by Gasteiger charge is -2.27. The minimum atomic E-state index is -0.419. The van der Waals surface area contributed by atoms with Gasteiger partial charge in [0, 0.05) is 55.1 Å². The Morgan fingerprint density at radius 3 is 2.11 bits per heavy atom. The Hall–Kier alpha value is -7.87. The molecule has 0 saturated carbocycles. The highest BCUT2D eigenvalue weighted by atomic mass is 16.6. The van der Waals surface area contributed by atoms with Crippen molar-refractivity contribution in [2.45, 2.75) is 25.6 Å². The predicted molar refractivity (Wildman–Crippen MR) is 214 cm³/mol. The summed E-state index contributed by atoms with van der Waals surface area (Å²) in [7, 11) is 0. The van der Waals surface area contributed by atoms with Crippen molar-refractivity contribution < 1.29 is 15.1 Å². The fourth-order valence-corrected chi connectivity index (χ4v) is 6.71. The average molecular weight is 755 g/mol. The second-order valence-electron chi connectivity index (χ2n) is 13.1. The lowest BCUT2D eigenvalue weighted by Crippen LogP contribution is -2.25. The van der Waals surface area contributed by atoms with Gasteiger partial charge in [-0.25, -0.2) is 4.98 Å². The van der Waals surface area contributed by atoms with E-state index in [1.807, 2.05) is 102 Å². The summed E-state index contributed by atoms with van der Waals surface area (Å²) < 4.78 is 1.98. The van der Waals surface area contributed by atoms with Crippen LogP contribution in [0.5, 0.6) is 11.5 Å². The molecule has 14 heteroatoms. The number of rotatable bonds is 9. The van der Waals surface area contributed by atoms with Gasteiger partial charge < -0.3 is 19.7 Å². The van der Waals surface area contributed by atoms with Crippen molar-refractivity contribution in [3.63, 3.8) is 0 Å². The molecule has 1 atom stereocenters. The fraction of sp³-hybridized carbons (Fsp3) is 0.0930. The number of hydrogen-bond donors (Lipinski definition) is 2. The molecule has 0 fully saturated rings. The molecular weight excluding hydrogens is 721 g/mol. The van der Waals surface area contributed by atoms with Gasteiger partial charge in [0.25, 0.3) is 5.69 Å². The summed E-state index contributed by atoms with van der Waals surface area (Å²) in [6.45, 7) is 1.18. The number of anilines is 1. The molecule has 8 aromatic rings. The Kier molecular flexibility index (Phi) is 10.3. The molecule has 0 amide bonds. The van der Waals surface area contributed by atoms with E-state index in [4.69, 9.17) is 0 Å². The molecular formula is C43H34N10O4. The van der Waals surface area contributed by atoms with Crippen molar-refractivity contribution in [3.05, 3.63) is 185 Å². The van der Waals surface area contributed by atoms with Gasteiger partial charge in [0.1, 0.15) is 22.9 Å². The van der Waals surface area contributed by atoms with Crippen LogP contribution in [0, 0.1) is 10.1 Å². The number of azo groups is 1. The molecule has 0 spiro atoms. The smallest absolute Gasteiger partial charge is 0.271 e. The van der Waals surface area contributed by atoms with Crippen LogP contribution in [0.1, 0.15) is 28.7 Å². The zero-order valence-electron chi connectivity index (χ0n) is 30.3. The number of phenolic OH excluding ortho intramolecular Hbond substituents is 2. The van der Waals surface area contributed by atoms with Crippen LogP contribution in [-0.2, 0) is 19.5 Å². The number of pyridine rings is 4. The van der Waals surface area contributed by atoms with Crippen LogP contribution in [0.3, 0.4) is 0 Å². The Morgan fingerprint density at radius 2 is 1.44 bits per heavy atom. The zero-order valence-corrected chi connectivity index (χ0v) is 30.3. The largest absolute Gasteiger partial charge is 0.508 e. The zero-order chi connectivity index (χ0) is 39.1. The van der Waals surface area contributed by atoms with Gasteiger partial charge in [-0.15, -0.1) is 5.11 Å². The van der Waals surface area contributed by atoms with E-state index in [0.717, 1.165) is 40.3 Å². The van der Waals surface area contributed by atoms with E-state index in [1.165, 1.54) is 30.3 Å². The molecule has 14 nitrogen and oxygen atoms in total. The van der Waals surface area contributed by atoms with Crippen LogP contribution in [0.25, 0.3) is 22.6 Å². The molecule has 0 bridgehead atoms. The van der Waals surface area contributed by atoms with E-state index in [-0.39, 0.29) is 23.2 Å². The summed E-state index contributed by atoms with van der Waals surface area (Å²) in [6.07, 6.45) is 7.86. The lowest BCUT2D eigenvalue weighted by atomic mass is 10.1. The minimum absolute atomic E-state index is 0.0163. The van der Waals surface area contributed by atoms with Gasteiger partial charge in [0.2, 0.25) is 0 Å². The quantitative estimate of drug-likeness (QED) is 0.0819. The van der Waals surface area contributed by atoms with E-state index in [1.54, 1.807) is 18.5 Å². The number of phenols is 2. The number of non-ortho nitro benzene ring substituents is 1. The van der Waals surface area contributed by atoms with E-state index in [2.05, 4.69) is 46.1 Å². The molecule has 0 aliphatic carbocycles. The summed E-state index contributed by atoms with van der Waals surface area (Å²) >= 11 is 0. The molecule has 9 rings (SSSR count). The molecule has 280 valence electrons. The van der Waals surface area contributed by atoms with Crippen molar-refractivity contribution in [2.24, 2.45) is 10.2 Å². The highest BCUT2D eigenvalue weighted by Crippen LogP contribution is 2.42. The van der Waals surface area contributed by atoms with Gasteiger partial charge in [-0.3, -0.25) is 30.1 Å². The van der Waals surface area contributed by atoms with Crippen molar-refractivity contribution in [1.82, 2.24) is 29.5 Å². The van der Waals surface area contributed by atoms with E-state index >= 15 is 0 Å². The van der Waals surface area contributed by atoms with Crippen LogP contribution >= 0.6 is 0 Å². The third kappa shape index (κ3) is 8.15. The fourth-order valence-electron chi connectivity index (χ4n) is 6.71. The SMILES string of the molecule is O=[N+]([O-])c1ccc2c(c1)nc(-c1ccccn1)n2Cc1ccccn1.Oc1ccc(N=Nc2ccc3c(c2)CC(c2ccccn2)N3Cc2ccccn2)c(O)c1. The lowest BCUT2D eigenvalue weighted by molar-refractivity contribution is -0.384. The van der Waals surface area contributed by atoms with Crippen LogP contribution in [0.2, 0.25) is 0 Å². The molecule has 0 radical (unpaired) electrons. The maximum Gasteiger partial charge on any atom is 0.271 e. The molecule has 0 saturated heterocycles. The molecule has 6 heterocycles. The first-order chi connectivity index (χ1) is 27.9. The van der Waals surface area contributed by atoms with Crippen LogP contribution in [-0.4, -0.2) is 44.6 Å². The predicted octanol–water partition coefficient (Wildman–Crippen LogP) is 9.06. The van der Waals surface area contributed by atoms with Gasteiger partial charge in [-0.2, -0.15) is 5.11 Å². The number of nitro benzene ring substituents is 1. The standard InChI is InChI=1S/C25H21N5O2.C18H13N5O2/c31-20-8-9-22(25(32)15-20)29-28-18-7-10-23-17(13-18)14-24(21-6-2-4-12-27-21)30(23)16-19-5-1-3-11-26-19;24-23(25)14-7-8-17-16(11-14)21-18(15-6-2-4-10-20-15)22(17)12-13-5-1-3-9-19-13/h1-13,15,24,31-32H,14,16H2;1-11H,12H2. The maximum absolute atomic E-state index is 11.0. The summed E-state index contributed by atoms with van der Waals surface area (Å²) in [4.78, 5) is 35.4. The highest BCUT2D eigenvalue weighted by Gasteiger charge is 2.32. The van der Waals surface area contributed by atoms with Crippen LogP contribution < -0.4 is 4.90 Å². The number of fused-ring (bicyclic) bond motifs is 2. The van der Waals surface area contributed by atoms with Gasteiger partial charge in [-0.05, 0) is 90.5 Å². The Morgan fingerprint density at radius 1 is 0.719 bits per heavy atom.